The Bertz CT molecular complexity index is 462. The molecule has 1 aliphatic rings. The molecule has 1 amide bonds. The molecule has 1 aliphatic heterocycles. The van der Waals surface area contributed by atoms with E-state index in [1.54, 1.807) is 11.0 Å². The predicted octanol–water partition coefficient (Wildman–Crippen LogP) is 3.54. The van der Waals surface area contributed by atoms with E-state index in [2.05, 4.69) is 0 Å². The van der Waals surface area contributed by atoms with Crippen molar-refractivity contribution in [2.24, 2.45) is 5.41 Å². The number of fused-ring (bicyclic) bond motifs is 1. The smallest absolute Gasteiger partial charge is 0.227 e. The number of para-hydroxylation sites is 1. The largest absolute Gasteiger partial charge is 0.309 e. The van der Waals surface area contributed by atoms with E-state index < -0.39 is 0 Å². The first-order valence-corrected chi connectivity index (χ1v) is 6.46. The van der Waals surface area contributed by atoms with Crippen molar-refractivity contribution in [3.63, 3.8) is 0 Å². The zero-order valence-corrected chi connectivity index (χ0v) is 11.3. The molecule has 0 atom stereocenters. The Kier molecular flexibility index (Phi) is 3.42. The molecule has 98 valence electrons. The third kappa shape index (κ3) is 2.71. The predicted molar refractivity (Wildman–Crippen MR) is 71.1 cm³/mol. The number of benzene rings is 1. The lowest BCUT2D eigenvalue weighted by Crippen LogP contribution is -2.38. The summed E-state index contributed by atoms with van der Waals surface area (Å²) in [7, 11) is 0. The fourth-order valence-electron chi connectivity index (χ4n) is 2.40. The van der Waals surface area contributed by atoms with Crippen LogP contribution in [-0.4, -0.2) is 12.5 Å². The zero-order valence-electron chi connectivity index (χ0n) is 11.3. The van der Waals surface area contributed by atoms with Crippen molar-refractivity contribution in [3.8, 4) is 0 Å². The molecular formula is C15H20FNO. The number of amides is 1. The van der Waals surface area contributed by atoms with Gasteiger partial charge >= 0.3 is 0 Å². The van der Waals surface area contributed by atoms with Gasteiger partial charge in [0.25, 0.3) is 0 Å². The first kappa shape index (κ1) is 13.1. The molecule has 0 unspecified atom stereocenters. The quantitative estimate of drug-likeness (QED) is 0.745. The number of aryl methyl sites for hydroxylation is 1. The van der Waals surface area contributed by atoms with E-state index in [9.17, 15) is 9.18 Å². The average molecular weight is 249 g/mol. The van der Waals surface area contributed by atoms with Crippen molar-refractivity contribution in [2.45, 2.75) is 40.0 Å². The number of nitrogens with zero attached hydrogens (tertiary/aromatic N) is 1. The van der Waals surface area contributed by atoms with E-state index in [4.69, 9.17) is 0 Å². The summed E-state index contributed by atoms with van der Waals surface area (Å²) in [6.07, 6.45) is 2.21. The SMILES string of the molecule is CC(C)(C)CC(=O)N1CCCc2cccc(F)c21. The Labute approximate surface area is 108 Å². The zero-order chi connectivity index (χ0) is 13.3. The van der Waals surface area contributed by atoms with Crippen molar-refractivity contribution in [2.75, 3.05) is 11.4 Å². The summed E-state index contributed by atoms with van der Waals surface area (Å²) < 4.78 is 13.9. The number of halogens is 1. The van der Waals surface area contributed by atoms with Crippen LogP contribution in [-0.2, 0) is 11.2 Å². The van der Waals surface area contributed by atoms with Gasteiger partial charge in [-0.2, -0.15) is 0 Å². The second kappa shape index (κ2) is 4.71. The number of carbonyl (C=O) groups excluding carboxylic acids is 1. The molecule has 0 bridgehead atoms. The molecule has 0 aromatic heterocycles. The number of rotatable bonds is 1. The van der Waals surface area contributed by atoms with Crippen LogP contribution in [0.1, 0.15) is 39.2 Å². The van der Waals surface area contributed by atoms with Crippen LogP contribution >= 0.6 is 0 Å². The lowest BCUT2D eigenvalue weighted by molar-refractivity contribution is -0.120. The third-order valence-electron chi connectivity index (χ3n) is 3.15. The monoisotopic (exact) mass is 249 g/mol. The summed E-state index contributed by atoms with van der Waals surface area (Å²) in [4.78, 5) is 13.9. The van der Waals surface area contributed by atoms with Crippen molar-refractivity contribution in [1.82, 2.24) is 0 Å². The lowest BCUT2D eigenvalue weighted by atomic mass is 9.90. The lowest BCUT2D eigenvalue weighted by Gasteiger charge is -2.32. The molecule has 0 aliphatic carbocycles. The molecule has 0 fully saturated rings. The fraction of sp³-hybridized carbons (Fsp3) is 0.533. The van der Waals surface area contributed by atoms with Crippen LogP contribution in [0.5, 0.6) is 0 Å². The second-order valence-electron chi connectivity index (χ2n) is 6.13. The highest BCUT2D eigenvalue weighted by Gasteiger charge is 2.28. The summed E-state index contributed by atoms with van der Waals surface area (Å²) in [6.45, 7) is 6.70. The van der Waals surface area contributed by atoms with Gasteiger partial charge in [-0.25, -0.2) is 4.39 Å². The van der Waals surface area contributed by atoms with Crippen molar-refractivity contribution >= 4 is 11.6 Å². The molecule has 0 spiro atoms. The summed E-state index contributed by atoms with van der Waals surface area (Å²) >= 11 is 0. The Balaban J connectivity index is 2.30. The highest BCUT2D eigenvalue weighted by molar-refractivity contribution is 5.95. The molecule has 2 rings (SSSR count). The van der Waals surface area contributed by atoms with Crippen LogP contribution in [0, 0.1) is 11.2 Å². The molecule has 0 N–H and O–H groups in total. The first-order chi connectivity index (χ1) is 8.38. The van der Waals surface area contributed by atoms with Gasteiger partial charge in [0.05, 0.1) is 5.69 Å². The Hall–Kier alpha value is -1.38. The summed E-state index contributed by atoms with van der Waals surface area (Å²) in [6, 6.07) is 5.06. The van der Waals surface area contributed by atoms with E-state index in [0.29, 0.717) is 18.7 Å². The average Bonchev–Trinajstić information content (AvgIpc) is 2.26. The van der Waals surface area contributed by atoms with E-state index in [0.717, 1.165) is 18.4 Å². The molecule has 2 nitrogen and oxygen atoms in total. The maximum Gasteiger partial charge on any atom is 0.227 e. The van der Waals surface area contributed by atoms with E-state index in [1.165, 1.54) is 6.07 Å². The fourth-order valence-corrected chi connectivity index (χ4v) is 2.40. The summed E-state index contributed by atoms with van der Waals surface area (Å²) in [5.74, 6) is -0.261. The summed E-state index contributed by atoms with van der Waals surface area (Å²) in [5, 5.41) is 0. The maximum atomic E-state index is 13.9. The van der Waals surface area contributed by atoms with Gasteiger partial charge in [0.1, 0.15) is 5.82 Å². The molecule has 1 heterocycles. The van der Waals surface area contributed by atoms with Crippen molar-refractivity contribution < 1.29 is 9.18 Å². The number of anilines is 1. The molecule has 18 heavy (non-hydrogen) atoms. The number of carbonyl (C=O) groups is 1. The van der Waals surface area contributed by atoms with Crippen LogP contribution in [0.3, 0.4) is 0 Å². The van der Waals surface area contributed by atoms with Crippen LogP contribution in [0.4, 0.5) is 10.1 Å². The van der Waals surface area contributed by atoms with Crippen LogP contribution in [0.25, 0.3) is 0 Å². The highest BCUT2D eigenvalue weighted by Crippen LogP contribution is 2.32. The minimum atomic E-state index is -0.283. The third-order valence-corrected chi connectivity index (χ3v) is 3.15. The minimum Gasteiger partial charge on any atom is -0.309 e. The molecule has 0 radical (unpaired) electrons. The van der Waals surface area contributed by atoms with Gasteiger partial charge in [-0.05, 0) is 29.9 Å². The van der Waals surface area contributed by atoms with Gasteiger partial charge in [0, 0.05) is 13.0 Å². The molecule has 0 saturated carbocycles. The Morgan fingerprint density at radius 2 is 2.11 bits per heavy atom. The first-order valence-electron chi connectivity index (χ1n) is 6.46. The van der Waals surface area contributed by atoms with E-state index >= 15 is 0 Å². The molecule has 3 heteroatoms. The molecule has 1 aromatic rings. The Morgan fingerprint density at radius 3 is 2.78 bits per heavy atom. The minimum absolute atomic E-state index is 0.0218. The van der Waals surface area contributed by atoms with Gasteiger partial charge in [-0.15, -0.1) is 0 Å². The molecule has 1 aromatic carbocycles. The van der Waals surface area contributed by atoms with Crippen LogP contribution < -0.4 is 4.90 Å². The molecule has 0 saturated heterocycles. The molecular weight excluding hydrogens is 229 g/mol. The van der Waals surface area contributed by atoms with Crippen molar-refractivity contribution in [1.29, 1.82) is 0 Å². The van der Waals surface area contributed by atoms with Gasteiger partial charge in [0.15, 0.2) is 0 Å². The number of hydrogen-bond acceptors (Lipinski definition) is 1. The normalized spacial score (nSPS) is 15.4. The van der Waals surface area contributed by atoms with E-state index in [-0.39, 0.29) is 17.1 Å². The van der Waals surface area contributed by atoms with E-state index in [1.807, 2.05) is 26.8 Å². The highest BCUT2D eigenvalue weighted by atomic mass is 19.1. The second-order valence-corrected chi connectivity index (χ2v) is 6.13. The maximum absolute atomic E-state index is 13.9. The van der Waals surface area contributed by atoms with Gasteiger partial charge in [-0.3, -0.25) is 4.79 Å². The summed E-state index contributed by atoms with van der Waals surface area (Å²) in [5.41, 5.74) is 1.38. The van der Waals surface area contributed by atoms with Gasteiger partial charge < -0.3 is 4.90 Å². The van der Waals surface area contributed by atoms with Gasteiger partial charge in [-0.1, -0.05) is 32.9 Å². The van der Waals surface area contributed by atoms with Gasteiger partial charge in [0.2, 0.25) is 5.91 Å². The van der Waals surface area contributed by atoms with Crippen molar-refractivity contribution in [3.05, 3.63) is 29.6 Å². The topological polar surface area (TPSA) is 20.3 Å². The van der Waals surface area contributed by atoms with Crippen LogP contribution in [0.15, 0.2) is 18.2 Å². The number of hydrogen-bond donors (Lipinski definition) is 0. The van der Waals surface area contributed by atoms with Crippen LogP contribution in [0.2, 0.25) is 0 Å². The Morgan fingerprint density at radius 1 is 1.39 bits per heavy atom. The standard InChI is InChI=1S/C15H20FNO/c1-15(2,3)10-13(18)17-9-5-7-11-6-4-8-12(16)14(11)17/h4,6,8H,5,7,9-10H2,1-3H3.